The molecule has 0 saturated heterocycles. The number of aryl methyl sites for hydroxylation is 2. The van der Waals surface area contributed by atoms with Gasteiger partial charge in [0.05, 0.1) is 22.6 Å². The zero-order valence-electron chi connectivity index (χ0n) is 28.3. The molecule has 0 bridgehead atoms. The molecule has 2 amide bonds. The molecule has 0 saturated carbocycles. The van der Waals surface area contributed by atoms with Gasteiger partial charge in [-0.25, -0.2) is 8.42 Å². The predicted octanol–water partition coefficient (Wildman–Crippen LogP) is 5.97. The first-order valence-corrected chi connectivity index (χ1v) is 17.4. The molecule has 0 fully saturated rings. The van der Waals surface area contributed by atoms with Gasteiger partial charge in [-0.05, 0) is 74.2 Å². The molecule has 1 N–H and O–H groups in total. The van der Waals surface area contributed by atoms with Gasteiger partial charge < -0.3 is 15.0 Å². The average Bonchev–Trinajstić information content (AvgIpc) is 3.09. The molecule has 49 heavy (non-hydrogen) atoms. The molecule has 12 heteroatoms. The number of sulfonamides is 1. The van der Waals surface area contributed by atoms with E-state index in [1.54, 1.807) is 12.1 Å². The van der Waals surface area contributed by atoms with Gasteiger partial charge in [-0.2, -0.15) is 0 Å². The van der Waals surface area contributed by atoms with Crippen molar-refractivity contribution in [3.8, 4) is 5.75 Å². The number of amides is 2. The minimum absolute atomic E-state index is 0.0312. The Hall–Kier alpha value is -5.23. The lowest BCUT2D eigenvalue weighted by Crippen LogP contribution is -2.54. The van der Waals surface area contributed by atoms with Crippen molar-refractivity contribution in [2.24, 2.45) is 0 Å². The van der Waals surface area contributed by atoms with Crippen LogP contribution in [0, 0.1) is 24.0 Å². The van der Waals surface area contributed by atoms with Gasteiger partial charge in [0.2, 0.25) is 11.8 Å². The second kappa shape index (κ2) is 16.2. The fourth-order valence-corrected chi connectivity index (χ4v) is 6.75. The molecular formula is C37H42N4O7S. The van der Waals surface area contributed by atoms with E-state index in [4.69, 9.17) is 4.74 Å². The summed E-state index contributed by atoms with van der Waals surface area (Å²) in [5.41, 5.74) is 2.56. The molecule has 0 aliphatic carbocycles. The molecule has 258 valence electrons. The van der Waals surface area contributed by atoms with Crippen molar-refractivity contribution >= 4 is 33.2 Å². The molecule has 0 aromatic heterocycles. The Morgan fingerprint density at radius 3 is 2.18 bits per heavy atom. The molecule has 4 aromatic carbocycles. The van der Waals surface area contributed by atoms with Crippen molar-refractivity contribution in [3.63, 3.8) is 0 Å². The highest BCUT2D eigenvalue weighted by atomic mass is 32.2. The Morgan fingerprint density at radius 1 is 0.918 bits per heavy atom. The number of carbonyl (C=O) groups excluding carboxylic acids is 2. The Labute approximate surface area is 287 Å². The number of ether oxygens (including phenoxy) is 1. The van der Waals surface area contributed by atoms with Crippen molar-refractivity contribution in [1.29, 1.82) is 0 Å². The van der Waals surface area contributed by atoms with Crippen LogP contribution in [-0.2, 0) is 32.6 Å². The van der Waals surface area contributed by atoms with E-state index in [1.807, 2.05) is 75.4 Å². The normalized spacial score (nSPS) is 12.4. The third-order valence-corrected chi connectivity index (χ3v) is 10.2. The van der Waals surface area contributed by atoms with E-state index in [0.717, 1.165) is 27.1 Å². The lowest BCUT2D eigenvalue weighted by molar-refractivity contribution is -0.385. The summed E-state index contributed by atoms with van der Waals surface area (Å²) in [6.07, 6.45) is 0.849. The molecule has 0 heterocycles. The summed E-state index contributed by atoms with van der Waals surface area (Å²) in [4.78, 5) is 40.9. The van der Waals surface area contributed by atoms with Crippen LogP contribution >= 0.6 is 0 Å². The Kier molecular flexibility index (Phi) is 12.1. The standard InChI is InChI=1S/C37H42N4O7S/c1-6-28(4)38-37(43)35(22-29-13-8-7-9-14-29)39(24-30-15-11-10-12-26(30)2)36(42)25-40(31-17-19-32(48-5)20-18-31)49(46,47)33-21-16-27(3)34(23-33)41(44)45/h7-21,23,28,35H,6,22,24-25H2,1-5H3,(H,38,43)/t28-,35-/m1/s1. The molecule has 0 unspecified atom stereocenters. The van der Waals surface area contributed by atoms with Crippen LogP contribution in [0.4, 0.5) is 11.4 Å². The molecule has 2 atom stereocenters. The maximum Gasteiger partial charge on any atom is 0.273 e. The van der Waals surface area contributed by atoms with Crippen LogP contribution in [0.1, 0.15) is 42.5 Å². The van der Waals surface area contributed by atoms with Crippen LogP contribution in [0.25, 0.3) is 0 Å². The largest absolute Gasteiger partial charge is 0.497 e. The number of carbonyl (C=O) groups is 2. The summed E-state index contributed by atoms with van der Waals surface area (Å²) < 4.78 is 34.9. The molecule has 0 aliphatic heterocycles. The van der Waals surface area contributed by atoms with E-state index in [2.05, 4.69) is 5.32 Å². The van der Waals surface area contributed by atoms with Crippen LogP contribution in [0.15, 0.2) is 102 Å². The first kappa shape index (κ1) is 36.6. The van der Waals surface area contributed by atoms with E-state index < -0.39 is 33.4 Å². The predicted molar refractivity (Wildman–Crippen MR) is 189 cm³/mol. The smallest absolute Gasteiger partial charge is 0.273 e. The number of nitrogens with one attached hydrogen (secondary N) is 1. The third-order valence-electron chi connectivity index (χ3n) is 8.48. The highest BCUT2D eigenvalue weighted by Crippen LogP contribution is 2.30. The van der Waals surface area contributed by atoms with E-state index in [0.29, 0.717) is 12.2 Å². The highest BCUT2D eigenvalue weighted by Gasteiger charge is 2.35. The first-order valence-electron chi connectivity index (χ1n) is 16.0. The average molecular weight is 687 g/mol. The summed E-state index contributed by atoms with van der Waals surface area (Å²) in [6, 6.07) is 25.4. The third kappa shape index (κ3) is 9.02. The van der Waals surface area contributed by atoms with Gasteiger partial charge in [-0.15, -0.1) is 0 Å². The Bertz CT molecular complexity index is 1880. The molecular weight excluding hydrogens is 644 g/mol. The van der Waals surface area contributed by atoms with E-state index >= 15 is 0 Å². The van der Waals surface area contributed by atoms with Gasteiger partial charge >= 0.3 is 0 Å². The Balaban J connectivity index is 1.85. The van der Waals surface area contributed by atoms with Gasteiger partial charge in [0.25, 0.3) is 15.7 Å². The molecule has 11 nitrogen and oxygen atoms in total. The van der Waals surface area contributed by atoms with Gasteiger partial charge in [-0.3, -0.25) is 24.0 Å². The van der Waals surface area contributed by atoms with Crippen LogP contribution in [0.5, 0.6) is 5.75 Å². The summed E-state index contributed by atoms with van der Waals surface area (Å²) in [5, 5.41) is 14.8. The Morgan fingerprint density at radius 2 is 1.57 bits per heavy atom. The number of nitro groups is 1. The van der Waals surface area contributed by atoms with Crippen molar-refractivity contribution in [1.82, 2.24) is 10.2 Å². The van der Waals surface area contributed by atoms with Crippen LogP contribution < -0.4 is 14.4 Å². The van der Waals surface area contributed by atoms with E-state index in [1.165, 1.54) is 43.2 Å². The summed E-state index contributed by atoms with van der Waals surface area (Å²) in [7, 11) is -3.07. The van der Waals surface area contributed by atoms with E-state index in [-0.39, 0.29) is 46.7 Å². The van der Waals surface area contributed by atoms with Crippen LogP contribution in [0.2, 0.25) is 0 Å². The van der Waals surface area contributed by atoms with Gasteiger partial charge in [0.15, 0.2) is 0 Å². The summed E-state index contributed by atoms with van der Waals surface area (Å²) >= 11 is 0. The number of nitrogens with zero attached hydrogens (tertiary/aromatic N) is 3. The monoisotopic (exact) mass is 686 g/mol. The highest BCUT2D eigenvalue weighted by molar-refractivity contribution is 7.92. The molecule has 4 aromatic rings. The van der Waals surface area contributed by atoms with Crippen molar-refractivity contribution in [3.05, 3.63) is 129 Å². The van der Waals surface area contributed by atoms with Gasteiger partial charge in [0.1, 0.15) is 18.3 Å². The first-order chi connectivity index (χ1) is 23.3. The molecule has 0 aliphatic rings. The lowest BCUT2D eigenvalue weighted by atomic mass is 10.0. The number of hydrogen-bond donors (Lipinski definition) is 1. The summed E-state index contributed by atoms with van der Waals surface area (Å²) in [5.74, 6) is -0.540. The minimum atomic E-state index is -4.54. The number of hydrogen-bond acceptors (Lipinski definition) is 7. The topological polar surface area (TPSA) is 139 Å². The number of anilines is 1. The summed E-state index contributed by atoms with van der Waals surface area (Å²) in [6.45, 7) is 6.58. The zero-order valence-corrected chi connectivity index (χ0v) is 29.1. The lowest BCUT2D eigenvalue weighted by Gasteiger charge is -2.34. The van der Waals surface area contributed by atoms with Crippen LogP contribution in [-0.4, -0.2) is 55.8 Å². The maximum atomic E-state index is 14.7. The van der Waals surface area contributed by atoms with Gasteiger partial charge in [0, 0.05) is 30.6 Å². The van der Waals surface area contributed by atoms with Crippen LogP contribution in [0.3, 0.4) is 0 Å². The number of rotatable bonds is 15. The SMILES string of the molecule is CC[C@@H](C)NC(=O)[C@@H](Cc1ccccc1)N(Cc1ccccc1C)C(=O)CN(c1ccc(OC)cc1)S(=O)(=O)c1ccc(C)c([N+](=O)[O-])c1. The van der Waals surface area contributed by atoms with Gasteiger partial charge in [-0.1, -0.05) is 67.6 Å². The zero-order chi connectivity index (χ0) is 35.7. The molecule has 0 radical (unpaired) electrons. The molecule has 0 spiro atoms. The van der Waals surface area contributed by atoms with Crippen molar-refractivity contribution in [2.45, 2.75) is 64.1 Å². The second-order valence-corrected chi connectivity index (χ2v) is 13.7. The quantitative estimate of drug-likeness (QED) is 0.120. The number of methoxy groups -OCH3 is 1. The van der Waals surface area contributed by atoms with Crippen molar-refractivity contribution in [2.75, 3.05) is 18.0 Å². The molecule has 4 rings (SSSR count). The number of nitro benzene ring substituents is 1. The van der Waals surface area contributed by atoms with Crippen molar-refractivity contribution < 1.29 is 27.7 Å². The fourth-order valence-electron chi connectivity index (χ4n) is 5.32. The fraction of sp³-hybridized carbons (Fsp3) is 0.297. The van der Waals surface area contributed by atoms with E-state index in [9.17, 15) is 28.1 Å². The maximum absolute atomic E-state index is 14.7. The minimum Gasteiger partial charge on any atom is -0.497 e. The number of benzene rings is 4. The second-order valence-electron chi connectivity index (χ2n) is 11.9.